The number of hydrogen-bond donors (Lipinski definition) is 2. The van der Waals surface area contributed by atoms with Gasteiger partial charge in [0.1, 0.15) is 5.82 Å². The molecule has 0 atom stereocenters. The first-order chi connectivity index (χ1) is 17.6. The zero-order valence-electron chi connectivity index (χ0n) is 19.4. The summed E-state index contributed by atoms with van der Waals surface area (Å²) >= 11 is 1.38. The fourth-order valence-electron chi connectivity index (χ4n) is 3.65. The molecule has 7 heteroatoms. The Labute approximate surface area is 212 Å². The Bertz CT molecular complexity index is 1510. The number of hydrogen-bond acceptors (Lipinski definition) is 5. The molecular formula is C29H22N4O2S. The van der Waals surface area contributed by atoms with Gasteiger partial charge >= 0.3 is 0 Å². The average Bonchev–Trinajstić information content (AvgIpc) is 3.34. The van der Waals surface area contributed by atoms with Crippen molar-refractivity contribution < 1.29 is 9.59 Å². The number of aryl methyl sites for hydroxylation is 1. The van der Waals surface area contributed by atoms with Crippen LogP contribution in [0.25, 0.3) is 21.7 Å². The first kappa shape index (κ1) is 23.1. The molecule has 176 valence electrons. The van der Waals surface area contributed by atoms with Crippen LogP contribution in [0.15, 0.2) is 103 Å². The molecule has 0 bridgehead atoms. The average molecular weight is 491 g/mol. The van der Waals surface area contributed by atoms with Crippen LogP contribution >= 0.6 is 11.3 Å². The van der Waals surface area contributed by atoms with Gasteiger partial charge in [-0.15, -0.1) is 0 Å². The molecule has 0 fully saturated rings. The molecule has 0 aliphatic heterocycles. The summed E-state index contributed by atoms with van der Waals surface area (Å²) in [6.45, 7) is 2.03. The van der Waals surface area contributed by atoms with Gasteiger partial charge in [-0.25, -0.2) is 9.97 Å². The number of pyridine rings is 1. The number of rotatable bonds is 6. The summed E-state index contributed by atoms with van der Waals surface area (Å²) < 4.78 is 0. The SMILES string of the molecule is Cc1ccc(-c2nc(NC(=O)c3ccccc3)sc2-c2ccnc(NC(=O)c3ccccc3)c2)cc1. The number of amides is 2. The topological polar surface area (TPSA) is 84.0 Å². The zero-order valence-corrected chi connectivity index (χ0v) is 20.3. The van der Waals surface area contributed by atoms with Crippen molar-refractivity contribution in [3.8, 4) is 21.7 Å². The normalized spacial score (nSPS) is 10.6. The lowest BCUT2D eigenvalue weighted by Crippen LogP contribution is -2.12. The van der Waals surface area contributed by atoms with Crippen molar-refractivity contribution in [2.24, 2.45) is 0 Å². The van der Waals surface area contributed by atoms with E-state index in [1.807, 2.05) is 79.7 Å². The molecule has 5 rings (SSSR count). The highest BCUT2D eigenvalue weighted by molar-refractivity contribution is 7.19. The summed E-state index contributed by atoms with van der Waals surface area (Å²) in [6, 6.07) is 29.8. The number of carbonyl (C=O) groups excluding carboxylic acids is 2. The van der Waals surface area contributed by atoms with Crippen LogP contribution in [-0.4, -0.2) is 21.8 Å². The van der Waals surface area contributed by atoms with Crippen molar-refractivity contribution in [2.75, 3.05) is 10.6 Å². The summed E-state index contributed by atoms with van der Waals surface area (Å²) in [5, 5.41) is 6.27. The fourth-order valence-corrected chi connectivity index (χ4v) is 4.63. The van der Waals surface area contributed by atoms with Crippen molar-refractivity contribution in [1.29, 1.82) is 0 Å². The number of nitrogens with one attached hydrogen (secondary N) is 2. The molecule has 3 aromatic carbocycles. The predicted molar refractivity (Wildman–Crippen MR) is 144 cm³/mol. The summed E-state index contributed by atoms with van der Waals surface area (Å²) in [7, 11) is 0. The Kier molecular flexibility index (Phi) is 6.64. The minimum Gasteiger partial charge on any atom is -0.307 e. The Morgan fingerprint density at radius 1 is 0.722 bits per heavy atom. The molecule has 0 aliphatic rings. The maximum atomic E-state index is 12.8. The molecule has 36 heavy (non-hydrogen) atoms. The third-order valence-electron chi connectivity index (χ3n) is 5.51. The number of nitrogens with zero attached hydrogens (tertiary/aromatic N) is 2. The molecule has 2 aromatic heterocycles. The van der Waals surface area contributed by atoms with Crippen molar-refractivity contribution in [3.63, 3.8) is 0 Å². The molecule has 0 aliphatic carbocycles. The number of carbonyl (C=O) groups is 2. The number of thiazole rings is 1. The van der Waals surface area contributed by atoms with Gasteiger partial charge in [-0.3, -0.25) is 14.9 Å². The Balaban J connectivity index is 1.49. The summed E-state index contributed by atoms with van der Waals surface area (Å²) in [4.78, 5) is 35.3. The van der Waals surface area contributed by atoms with E-state index in [1.165, 1.54) is 11.3 Å². The lowest BCUT2D eigenvalue weighted by molar-refractivity contribution is 0.101. The smallest absolute Gasteiger partial charge is 0.257 e. The van der Waals surface area contributed by atoms with Gasteiger partial charge in [0.15, 0.2) is 5.13 Å². The molecule has 0 spiro atoms. The Morgan fingerprint density at radius 3 is 1.97 bits per heavy atom. The molecule has 5 aromatic rings. The third kappa shape index (κ3) is 5.21. The molecule has 6 nitrogen and oxygen atoms in total. The van der Waals surface area contributed by atoms with Crippen LogP contribution in [-0.2, 0) is 0 Å². The van der Waals surface area contributed by atoms with E-state index in [0.29, 0.717) is 22.1 Å². The first-order valence-electron chi connectivity index (χ1n) is 11.3. The second-order valence-electron chi connectivity index (χ2n) is 8.13. The van der Waals surface area contributed by atoms with Crippen molar-refractivity contribution in [3.05, 3.63) is 120 Å². The second-order valence-corrected chi connectivity index (χ2v) is 9.13. The molecule has 2 N–H and O–H groups in total. The van der Waals surface area contributed by atoms with E-state index in [0.717, 1.165) is 27.3 Å². The van der Waals surface area contributed by atoms with E-state index in [9.17, 15) is 9.59 Å². The van der Waals surface area contributed by atoms with Crippen LogP contribution < -0.4 is 10.6 Å². The van der Waals surface area contributed by atoms with Gasteiger partial charge in [-0.1, -0.05) is 77.6 Å². The van der Waals surface area contributed by atoms with E-state index < -0.39 is 0 Å². The van der Waals surface area contributed by atoms with Gasteiger partial charge in [0.25, 0.3) is 11.8 Å². The van der Waals surface area contributed by atoms with Gasteiger partial charge in [-0.05, 0) is 48.9 Å². The van der Waals surface area contributed by atoms with Gasteiger partial charge in [0.2, 0.25) is 0 Å². The van der Waals surface area contributed by atoms with Gasteiger partial charge in [0, 0.05) is 22.9 Å². The fraction of sp³-hybridized carbons (Fsp3) is 0.0345. The standard InChI is InChI=1S/C29H22N4O2S/c1-19-12-14-20(15-13-19)25-26(36-29(32-25)33-28(35)22-10-6-3-7-11-22)23-16-17-30-24(18-23)31-27(34)21-8-4-2-5-9-21/h2-18H,1H3,(H,30,31,34)(H,32,33,35). The maximum absolute atomic E-state index is 12.8. The molecule has 0 unspecified atom stereocenters. The van der Waals surface area contributed by atoms with Crippen LogP contribution in [0, 0.1) is 6.92 Å². The summed E-state index contributed by atoms with van der Waals surface area (Å²) in [5.74, 6) is -0.0319. The third-order valence-corrected chi connectivity index (χ3v) is 6.53. The lowest BCUT2D eigenvalue weighted by Gasteiger charge is -2.07. The lowest BCUT2D eigenvalue weighted by atomic mass is 10.1. The minimum atomic E-state index is -0.237. The molecule has 0 saturated carbocycles. The second kappa shape index (κ2) is 10.3. The van der Waals surface area contributed by atoms with Crippen molar-refractivity contribution in [1.82, 2.24) is 9.97 Å². The van der Waals surface area contributed by atoms with Gasteiger partial charge in [0.05, 0.1) is 10.6 Å². The van der Waals surface area contributed by atoms with Crippen LogP contribution in [0.5, 0.6) is 0 Å². The number of benzene rings is 3. The zero-order chi connectivity index (χ0) is 24.9. The quantitative estimate of drug-likeness (QED) is 0.278. The minimum absolute atomic E-state index is 0.225. The molecular weight excluding hydrogens is 468 g/mol. The van der Waals surface area contributed by atoms with Crippen molar-refractivity contribution >= 4 is 34.1 Å². The van der Waals surface area contributed by atoms with Gasteiger partial charge in [-0.2, -0.15) is 0 Å². The van der Waals surface area contributed by atoms with E-state index in [2.05, 4.69) is 15.6 Å². The highest BCUT2D eigenvalue weighted by Gasteiger charge is 2.18. The molecule has 0 saturated heterocycles. The van der Waals surface area contributed by atoms with Crippen molar-refractivity contribution in [2.45, 2.75) is 6.92 Å². The highest BCUT2D eigenvalue weighted by atomic mass is 32.1. The molecule has 2 heterocycles. The van der Waals surface area contributed by atoms with Crippen LogP contribution in [0.2, 0.25) is 0 Å². The van der Waals surface area contributed by atoms with Crippen LogP contribution in [0.1, 0.15) is 26.3 Å². The number of anilines is 2. The summed E-state index contributed by atoms with van der Waals surface area (Å²) in [5.41, 5.74) is 4.76. The predicted octanol–water partition coefficient (Wildman–Crippen LogP) is 6.69. The highest BCUT2D eigenvalue weighted by Crippen LogP contribution is 2.39. The number of aromatic nitrogens is 2. The Morgan fingerprint density at radius 2 is 1.33 bits per heavy atom. The van der Waals surface area contributed by atoms with E-state index >= 15 is 0 Å². The van der Waals surface area contributed by atoms with E-state index in [4.69, 9.17) is 4.98 Å². The Hall–Kier alpha value is -4.62. The summed E-state index contributed by atoms with van der Waals surface area (Å²) in [6.07, 6.45) is 1.65. The van der Waals surface area contributed by atoms with E-state index in [1.54, 1.807) is 30.5 Å². The largest absolute Gasteiger partial charge is 0.307 e. The maximum Gasteiger partial charge on any atom is 0.257 e. The molecule has 0 radical (unpaired) electrons. The van der Waals surface area contributed by atoms with Gasteiger partial charge < -0.3 is 5.32 Å². The van der Waals surface area contributed by atoms with E-state index in [-0.39, 0.29) is 11.8 Å². The molecule has 2 amide bonds. The van der Waals surface area contributed by atoms with Crippen LogP contribution in [0.3, 0.4) is 0 Å². The van der Waals surface area contributed by atoms with Crippen LogP contribution in [0.4, 0.5) is 10.9 Å². The first-order valence-corrected chi connectivity index (χ1v) is 12.2. The monoisotopic (exact) mass is 490 g/mol.